The Balaban J connectivity index is 1.98. The molecule has 2 rings (SSSR count). The Morgan fingerprint density at radius 1 is 1.35 bits per heavy atom. The first-order valence-electron chi connectivity index (χ1n) is 7.15. The van der Waals surface area contributed by atoms with E-state index >= 15 is 0 Å². The van der Waals surface area contributed by atoms with Crippen LogP contribution in [0.15, 0.2) is 18.2 Å². The number of carbonyl (C=O) groups is 2. The van der Waals surface area contributed by atoms with E-state index in [9.17, 15) is 9.59 Å². The van der Waals surface area contributed by atoms with Gasteiger partial charge in [-0.25, -0.2) is 0 Å². The Kier molecular flexibility index (Phi) is 4.42. The summed E-state index contributed by atoms with van der Waals surface area (Å²) >= 11 is 0. The van der Waals surface area contributed by atoms with Gasteiger partial charge in [-0.3, -0.25) is 9.59 Å². The third-order valence-electron chi connectivity index (χ3n) is 3.72. The second-order valence-corrected chi connectivity index (χ2v) is 5.61. The van der Waals surface area contributed by atoms with E-state index in [0.29, 0.717) is 13.0 Å². The number of rotatable bonds is 4. The Morgan fingerprint density at radius 2 is 2.10 bits per heavy atom. The molecule has 0 saturated carbocycles. The van der Waals surface area contributed by atoms with Gasteiger partial charge in [-0.2, -0.15) is 0 Å². The van der Waals surface area contributed by atoms with Crippen molar-refractivity contribution in [3.8, 4) is 0 Å². The highest BCUT2D eigenvalue weighted by Crippen LogP contribution is 2.27. The topological polar surface area (TPSA) is 49.4 Å². The van der Waals surface area contributed by atoms with Crippen LogP contribution in [0.2, 0.25) is 0 Å². The average Bonchev–Trinajstić information content (AvgIpc) is 2.43. The molecule has 108 valence electrons. The van der Waals surface area contributed by atoms with Crippen molar-refractivity contribution in [2.24, 2.45) is 5.92 Å². The minimum Gasteiger partial charge on any atom is -0.356 e. The molecule has 1 N–H and O–H groups in total. The first kappa shape index (κ1) is 14.6. The molecule has 0 spiro atoms. The Bertz CT molecular complexity index is 523. The van der Waals surface area contributed by atoms with E-state index in [1.807, 2.05) is 33.0 Å². The summed E-state index contributed by atoms with van der Waals surface area (Å²) in [6.07, 6.45) is 2.21. The van der Waals surface area contributed by atoms with Gasteiger partial charge in [-0.1, -0.05) is 26.0 Å². The van der Waals surface area contributed by atoms with E-state index in [0.717, 1.165) is 18.5 Å². The zero-order valence-electron chi connectivity index (χ0n) is 12.4. The summed E-state index contributed by atoms with van der Waals surface area (Å²) in [5.74, 6) is 0.293. The molecule has 1 aliphatic rings. The summed E-state index contributed by atoms with van der Waals surface area (Å²) in [7, 11) is 1.82. The standard InChI is InChI=1S/C16H22N2O2/c1-11(2)16(20)17-9-8-12-4-6-14-13(10-12)5-7-15(19)18(14)3/h4,6,10-11H,5,7-9H2,1-3H3,(H,17,20). The monoisotopic (exact) mass is 274 g/mol. The second kappa shape index (κ2) is 6.07. The van der Waals surface area contributed by atoms with Crippen LogP contribution in [0.3, 0.4) is 0 Å². The van der Waals surface area contributed by atoms with Gasteiger partial charge in [0, 0.05) is 31.6 Å². The SMILES string of the molecule is CC(C)C(=O)NCCc1ccc2c(c1)CCC(=O)N2C. The average molecular weight is 274 g/mol. The fourth-order valence-corrected chi connectivity index (χ4v) is 2.40. The van der Waals surface area contributed by atoms with Crippen LogP contribution in [0.5, 0.6) is 0 Å². The van der Waals surface area contributed by atoms with Crippen molar-refractivity contribution < 1.29 is 9.59 Å². The molecule has 0 fully saturated rings. The van der Waals surface area contributed by atoms with E-state index in [1.165, 1.54) is 11.1 Å². The molecule has 2 amide bonds. The lowest BCUT2D eigenvalue weighted by atomic mass is 9.98. The van der Waals surface area contributed by atoms with Crippen LogP contribution in [-0.2, 0) is 22.4 Å². The van der Waals surface area contributed by atoms with Gasteiger partial charge in [0.15, 0.2) is 0 Å². The number of benzene rings is 1. The molecule has 0 radical (unpaired) electrons. The minimum atomic E-state index is 0.0261. The summed E-state index contributed by atoms with van der Waals surface area (Å²) in [4.78, 5) is 24.8. The summed E-state index contributed by atoms with van der Waals surface area (Å²) in [5, 5.41) is 2.92. The molecule has 1 aliphatic heterocycles. The number of amides is 2. The predicted molar refractivity (Wildman–Crippen MR) is 79.7 cm³/mol. The third kappa shape index (κ3) is 3.18. The van der Waals surface area contributed by atoms with Crippen molar-refractivity contribution in [1.82, 2.24) is 5.32 Å². The number of fused-ring (bicyclic) bond motifs is 1. The summed E-state index contributed by atoms with van der Waals surface area (Å²) < 4.78 is 0. The van der Waals surface area contributed by atoms with Gasteiger partial charge >= 0.3 is 0 Å². The zero-order chi connectivity index (χ0) is 14.7. The quantitative estimate of drug-likeness (QED) is 0.912. The lowest BCUT2D eigenvalue weighted by molar-refractivity contribution is -0.124. The largest absolute Gasteiger partial charge is 0.356 e. The van der Waals surface area contributed by atoms with Crippen LogP contribution in [-0.4, -0.2) is 25.4 Å². The minimum absolute atomic E-state index is 0.0261. The van der Waals surface area contributed by atoms with Gasteiger partial charge < -0.3 is 10.2 Å². The lowest BCUT2D eigenvalue weighted by Gasteiger charge is -2.26. The second-order valence-electron chi connectivity index (χ2n) is 5.61. The molecule has 0 aliphatic carbocycles. The highest BCUT2D eigenvalue weighted by Gasteiger charge is 2.20. The molecule has 0 unspecified atom stereocenters. The van der Waals surface area contributed by atoms with Crippen molar-refractivity contribution in [3.63, 3.8) is 0 Å². The number of aryl methyl sites for hydroxylation is 1. The number of nitrogens with one attached hydrogen (secondary N) is 1. The van der Waals surface area contributed by atoms with E-state index in [2.05, 4.69) is 11.4 Å². The van der Waals surface area contributed by atoms with Crippen molar-refractivity contribution in [2.75, 3.05) is 18.5 Å². The normalized spacial score (nSPS) is 14.4. The maximum atomic E-state index is 11.6. The predicted octanol–water partition coefficient (Wildman–Crippen LogP) is 1.91. The molecular weight excluding hydrogens is 252 g/mol. The smallest absolute Gasteiger partial charge is 0.227 e. The van der Waals surface area contributed by atoms with Gasteiger partial charge in [0.1, 0.15) is 0 Å². The van der Waals surface area contributed by atoms with E-state index in [4.69, 9.17) is 0 Å². The molecule has 4 heteroatoms. The first-order chi connectivity index (χ1) is 9.49. The van der Waals surface area contributed by atoms with Crippen molar-refractivity contribution >= 4 is 17.5 Å². The maximum absolute atomic E-state index is 11.6. The Morgan fingerprint density at radius 3 is 2.80 bits per heavy atom. The molecule has 0 aromatic heterocycles. The van der Waals surface area contributed by atoms with Crippen molar-refractivity contribution in [2.45, 2.75) is 33.1 Å². The first-order valence-corrected chi connectivity index (χ1v) is 7.15. The van der Waals surface area contributed by atoms with Gasteiger partial charge in [0.2, 0.25) is 11.8 Å². The van der Waals surface area contributed by atoms with Crippen LogP contribution in [0.25, 0.3) is 0 Å². The molecule has 1 aromatic carbocycles. The van der Waals surface area contributed by atoms with Crippen molar-refractivity contribution in [3.05, 3.63) is 29.3 Å². The van der Waals surface area contributed by atoms with Crippen LogP contribution in [0.1, 0.15) is 31.4 Å². The number of carbonyl (C=O) groups excluding carboxylic acids is 2. The number of hydrogen-bond donors (Lipinski definition) is 1. The fourth-order valence-electron chi connectivity index (χ4n) is 2.40. The highest BCUT2D eigenvalue weighted by molar-refractivity contribution is 5.95. The van der Waals surface area contributed by atoms with Crippen LogP contribution in [0.4, 0.5) is 5.69 Å². The van der Waals surface area contributed by atoms with Gasteiger partial charge in [0.05, 0.1) is 0 Å². The lowest BCUT2D eigenvalue weighted by Crippen LogP contribution is -2.31. The molecule has 20 heavy (non-hydrogen) atoms. The van der Waals surface area contributed by atoms with Crippen LogP contribution in [0, 0.1) is 5.92 Å². The third-order valence-corrected chi connectivity index (χ3v) is 3.72. The zero-order valence-corrected chi connectivity index (χ0v) is 12.4. The van der Waals surface area contributed by atoms with Crippen LogP contribution < -0.4 is 10.2 Å². The molecule has 0 saturated heterocycles. The number of hydrogen-bond acceptors (Lipinski definition) is 2. The van der Waals surface area contributed by atoms with E-state index in [1.54, 1.807) is 4.90 Å². The molecule has 0 bridgehead atoms. The number of nitrogens with zero attached hydrogens (tertiary/aromatic N) is 1. The summed E-state index contributed by atoms with van der Waals surface area (Å²) in [6.45, 7) is 4.44. The van der Waals surface area contributed by atoms with Gasteiger partial charge in [-0.15, -0.1) is 0 Å². The number of anilines is 1. The summed E-state index contributed by atoms with van der Waals surface area (Å²) in [5.41, 5.74) is 3.44. The molecule has 0 atom stereocenters. The van der Waals surface area contributed by atoms with Crippen LogP contribution >= 0.6 is 0 Å². The Labute approximate surface area is 120 Å². The van der Waals surface area contributed by atoms with Gasteiger partial charge in [0.25, 0.3) is 0 Å². The summed E-state index contributed by atoms with van der Waals surface area (Å²) in [6, 6.07) is 6.20. The highest BCUT2D eigenvalue weighted by atomic mass is 16.2. The molecule has 1 heterocycles. The Hall–Kier alpha value is -1.84. The van der Waals surface area contributed by atoms with Gasteiger partial charge in [-0.05, 0) is 30.0 Å². The molecular formula is C16H22N2O2. The van der Waals surface area contributed by atoms with E-state index < -0.39 is 0 Å². The molecule has 4 nitrogen and oxygen atoms in total. The maximum Gasteiger partial charge on any atom is 0.227 e. The molecule has 1 aromatic rings. The van der Waals surface area contributed by atoms with E-state index in [-0.39, 0.29) is 17.7 Å². The van der Waals surface area contributed by atoms with Crippen molar-refractivity contribution in [1.29, 1.82) is 0 Å². The fraction of sp³-hybridized carbons (Fsp3) is 0.500.